The second-order valence-corrected chi connectivity index (χ2v) is 6.20. The monoisotopic (exact) mass is 441 g/mol. The maximum absolute atomic E-state index is 13.2. The first-order valence-corrected chi connectivity index (χ1v) is 8.79. The van der Waals surface area contributed by atoms with Crippen LogP contribution in [0.2, 0.25) is 5.02 Å². The minimum absolute atomic E-state index is 0.0324. The zero-order chi connectivity index (χ0) is 21.7. The van der Waals surface area contributed by atoms with Gasteiger partial charge in [-0.2, -0.15) is 13.9 Å². The van der Waals surface area contributed by atoms with Crippen LogP contribution in [-0.4, -0.2) is 29.4 Å². The van der Waals surface area contributed by atoms with Crippen LogP contribution in [0.3, 0.4) is 0 Å². The molecular formula is C19H15ClF3N3O4. The van der Waals surface area contributed by atoms with Crippen molar-refractivity contribution in [3.63, 3.8) is 0 Å². The van der Waals surface area contributed by atoms with Crippen molar-refractivity contribution in [1.29, 1.82) is 0 Å². The predicted octanol–water partition coefficient (Wildman–Crippen LogP) is 4.57. The molecule has 0 aliphatic carbocycles. The van der Waals surface area contributed by atoms with Crippen molar-refractivity contribution >= 4 is 23.2 Å². The Balaban J connectivity index is 1.62. The minimum atomic E-state index is -3.00. The summed E-state index contributed by atoms with van der Waals surface area (Å²) in [7, 11) is 1.29. The largest absolute Gasteiger partial charge is 0.493 e. The van der Waals surface area contributed by atoms with Crippen molar-refractivity contribution < 1.29 is 32.2 Å². The van der Waals surface area contributed by atoms with E-state index >= 15 is 0 Å². The molecule has 0 radical (unpaired) electrons. The molecule has 0 aliphatic heterocycles. The topological polar surface area (TPSA) is 74.6 Å². The Kier molecular flexibility index (Phi) is 6.68. The molecule has 0 fully saturated rings. The summed E-state index contributed by atoms with van der Waals surface area (Å²) in [5, 5.41) is 6.58. The van der Waals surface area contributed by atoms with Gasteiger partial charge >= 0.3 is 6.61 Å². The average Bonchev–Trinajstić information content (AvgIpc) is 3.19. The zero-order valence-electron chi connectivity index (χ0n) is 15.4. The third kappa shape index (κ3) is 5.35. The Bertz CT molecular complexity index is 1050. The van der Waals surface area contributed by atoms with E-state index in [1.54, 1.807) is 0 Å². The number of halogens is 4. The predicted molar refractivity (Wildman–Crippen MR) is 102 cm³/mol. The molecule has 2 aromatic carbocycles. The van der Waals surface area contributed by atoms with Crippen LogP contribution in [-0.2, 0) is 6.73 Å². The molecule has 0 saturated carbocycles. The number of nitrogens with one attached hydrogen (secondary N) is 1. The van der Waals surface area contributed by atoms with Gasteiger partial charge in [-0.05, 0) is 30.3 Å². The highest BCUT2D eigenvalue weighted by atomic mass is 35.5. The van der Waals surface area contributed by atoms with E-state index in [2.05, 4.69) is 15.2 Å². The van der Waals surface area contributed by atoms with Crippen molar-refractivity contribution in [2.45, 2.75) is 13.3 Å². The van der Waals surface area contributed by atoms with Crippen LogP contribution in [0.1, 0.15) is 10.5 Å². The lowest BCUT2D eigenvalue weighted by atomic mass is 10.2. The number of alkyl halides is 2. The summed E-state index contributed by atoms with van der Waals surface area (Å²) in [4.78, 5) is 12.4. The van der Waals surface area contributed by atoms with Crippen LogP contribution in [0, 0.1) is 5.82 Å². The molecule has 1 amide bonds. The van der Waals surface area contributed by atoms with Crippen LogP contribution in [0.5, 0.6) is 17.2 Å². The number of ether oxygens (including phenoxy) is 3. The summed E-state index contributed by atoms with van der Waals surface area (Å²) in [5.74, 6) is -0.894. The van der Waals surface area contributed by atoms with Crippen LogP contribution in [0.25, 0.3) is 0 Å². The SMILES string of the molecule is COc1cc(NC(=O)c2ccn(COc3ccc(F)c(Cl)c3)n2)ccc1OC(F)F. The Morgan fingerprint density at radius 2 is 2.00 bits per heavy atom. The first-order valence-electron chi connectivity index (χ1n) is 8.41. The standard InChI is InChI=1S/C19H15ClF3N3O4/c1-28-17-8-11(2-5-16(17)30-19(22)23)24-18(27)15-6-7-26(25-15)10-29-12-3-4-14(21)13(20)9-12/h2-9,19H,10H2,1H3,(H,24,27). The maximum Gasteiger partial charge on any atom is 0.387 e. The molecule has 0 unspecified atom stereocenters. The summed E-state index contributed by atoms with van der Waals surface area (Å²) in [6.45, 7) is -3.04. The highest BCUT2D eigenvalue weighted by molar-refractivity contribution is 6.30. The molecule has 0 saturated heterocycles. The Morgan fingerprint density at radius 1 is 1.20 bits per heavy atom. The molecule has 1 heterocycles. The molecule has 0 atom stereocenters. The number of anilines is 1. The smallest absolute Gasteiger partial charge is 0.387 e. The van der Waals surface area contributed by atoms with E-state index in [0.717, 1.165) is 0 Å². The third-order valence-electron chi connectivity index (χ3n) is 3.77. The van der Waals surface area contributed by atoms with E-state index < -0.39 is 18.3 Å². The van der Waals surface area contributed by atoms with E-state index in [1.165, 1.54) is 60.5 Å². The van der Waals surface area contributed by atoms with Gasteiger partial charge in [0.1, 0.15) is 11.6 Å². The van der Waals surface area contributed by atoms with Crippen LogP contribution < -0.4 is 19.5 Å². The van der Waals surface area contributed by atoms with Gasteiger partial charge in [-0.15, -0.1) is 0 Å². The molecule has 0 aliphatic rings. The van der Waals surface area contributed by atoms with Gasteiger partial charge < -0.3 is 19.5 Å². The Labute approximate surface area is 173 Å². The fourth-order valence-electron chi connectivity index (χ4n) is 2.40. The van der Waals surface area contributed by atoms with Crippen molar-refractivity contribution in [2.75, 3.05) is 12.4 Å². The lowest BCUT2D eigenvalue weighted by molar-refractivity contribution is -0.0512. The van der Waals surface area contributed by atoms with Gasteiger partial charge in [0.25, 0.3) is 5.91 Å². The quantitative estimate of drug-likeness (QED) is 0.554. The number of carbonyl (C=O) groups is 1. The van der Waals surface area contributed by atoms with E-state index in [-0.39, 0.29) is 28.9 Å². The van der Waals surface area contributed by atoms with Gasteiger partial charge in [-0.25, -0.2) is 9.07 Å². The number of hydrogen-bond donors (Lipinski definition) is 1. The molecule has 0 spiro atoms. The third-order valence-corrected chi connectivity index (χ3v) is 4.06. The number of hydrogen-bond acceptors (Lipinski definition) is 5. The first-order chi connectivity index (χ1) is 14.4. The summed E-state index contributed by atoms with van der Waals surface area (Å²) in [6, 6.07) is 9.34. The molecule has 158 valence electrons. The number of nitrogens with zero attached hydrogens (tertiary/aromatic N) is 2. The van der Waals surface area contributed by atoms with Gasteiger partial charge in [0, 0.05) is 24.0 Å². The van der Waals surface area contributed by atoms with Gasteiger partial charge in [-0.3, -0.25) is 4.79 Å². The summed E-state index contributed by atoms with van der Waals surface area (Å²) in [5.41, 5.74) is 0.382. The molecule has 11 heteroatoms. The fourth-order valence-corrected chi connectivity index (χ4v) is 2.57. The van der Waals surface area contributed by atoms with Gasteiger partial charge in [0.05, 0.1) is 12.1 Å². The molecule has 3 rings (SSSR count). The highest BCUT2D eigenvalue weighted by Crippen LogP contribution is 2.31. The number of methoxy groups -OCH3 is 1. The molecule has 1 N–H and O–H groups in total. The number of amides is 1. The van der Waals surface area contributed by atoms with Crippen molar-refractivity contribution in [2.24, 2.45) is 0 Å². The van der Waals surface area contributed by atoms with E-state index in [9.17, 15) is 18.0 Å². The van der Waals surface area contributed by atoms with E-state index in [1.807, 2.05) is 0 Å². The molecule has 30 heavy (non-hydrogen) atoms. The van der Waals surface area contributed by atoms with Gasteiger partial charge in [0.15, 0.2) is 23.9 Å². The minimum Gasteiger partial charge on any atom is -0.493 e. The van der Waals surface area contributed by atoms with Crippen molar-refractivity contribution in [3.05, 3.63) is 65.2 Å². The van der Waals surface area contributed by atoms with E-state index in [4.69, 9.17) is 21.1 Å². The average molecular weight is 442 g/mol. The summed E-state index contributed by atoms with van der Waals surface area (Å²) >= 11 is 5.69. The Hall–Kier alpha value is -3.40. The molecule has 0 bridgehead atoms. The highest BCUT2D eigenvalue weighted by Gasteiger charge is 2.14. The maximum atomic E-state index is 13.2. The number of aromatic nitrogens is 2. The van der Waals surface area contributed by atoms with E-state index in [0.29, 0.717) is 11.4 Å². The summed E-state index contributed by atoms with van der Waals surface area (Å²) < 4.78 is 54.1. The lowest BCUT2D eigenvalue weighted by Gasteiger charge is -2.11. The number of carbonyl (C=O) groups excluding carboxylic acids is 1. The molecule has 7 nitrogen and oxygen atoms in total. The fraction of sp³-hybridized carbons (Fsp3) is 0.158. The normalized spacial score (nSPS) is 10.7. The Morgan fingerprint density at radius 3 is 2.70 bits per heavy atom. The number of benzene rings is 2. The van der Waals surface area contributed by atoms with Gasteiger partial charge in [0.2, 0.25) is 0 Å². The van der Waals surface area contributed by atoms with Crippen molar-refractivity contribution in [3.8, 4) is 17.2 Å². The second-order valence-electron chi connectivity index (χ2n) is 5.79. The first kappa shape index (κ1) is 21.3. The lowest BCUT2D eigenvalue weighted by Crippen LogP contribution is -2.14. The summed E-state index contributed by atoms with van der Waals surface area (Å²) in [6.07, 6.45) is 1.51. The number of rotatable bonds is 8. The van der Waals surface area contributed by atoms with Crippen molar-refractivity contribution in [1.82, 2.24) is 9.78 Å². The molecular weight excluding hydrogens is 427 g/mol. The van der Waals surface area contributed by atoms with Crippen LogP contribution in [0.15, 0.2) is 48.7 Å². The second kappa shape index (κ2) is 9.40. The van der Waals surface area contributed by atoms with Crippen LogP contribution >= 0.6 is 11.6 Å². The van der Waals surface area contributed by atoms with Gasteiger partial charge in [-0.1, -0.05) is 11.6 Å². The zero-order valence-corrected chi connectivity index (χ0v) is 16.2. The molecule has 1 aromatic heterocycles. The molecule has 3 aromatic rings. The van der Waals surface area contributed by atoms with Crippen LogP contribution in [0.4, 0.5) is 18.9 Å².